The first-order valence-electron chi connectivity index (χ1n) is 4.34. The first-order valence-corrected chi connectivity index (χ1v) is 4.34. The predicted molar refractivity (Wildman–Crippen MR) is 45.0 cm³/mol. The number of amides is 1. The molecule has 0 aliphatic rings. The highest BCUT2D eigenvalue weighted by Crippen LogP contribution is 2.22. The van der Waals surface area contributed by atoms with Gasteiger partial charge in [-0.3, -0.25) is 4.79 Å². The van der Waals surface area contributed by atoms with Gasteiger partial charge in [0.1, 0.15) is 0 Å². The van der Waals surface area contributed by atoms with E-state index in [0.29, 0.717) is 0 Å². The van der Waals surface area contributed by atoms with Crippen LogP contribution >= 0.6 is 0 Å². The van der Waals surface area contributed by atoms with Crippen LogP contribution in [0.5, 0.6) is 0 Å². The Kier molecular flexibility index (Phi) is 5.56. The third-order valence-electron chi connectivity index (χ3n) is 1.42. The summed E-state index contributed by atoms with van der Waals surface area (Å²) in [5.74, 6) is -6.62. The Morgan fingerprint density at radius 1 is 1.40 bits per heavy atom. The standard InChI is InChI=1S/C8H13F4NO2/c1-5(2)15-4-3-13-7(14)8(11,12)6(9)10/h5-6H,3-4H2,1-2H3,(H,13,14). The average Bonchev–Trinajstić information content (AvgIpc) is 2.11. The zero-order valence-corrected chi connectivity index (χ0v) is 8.40. The van der Waals surface area contributed by atoms with E-state index in [4.69, 9.17) is 4.74 Å². The van der Waals surface area contributed by atoms with Crippen LogP contribution in [-0.4, -0.2) is 37.5 Å². The van der Waals surface area contributed by atoms with Crippen molar-refractivity contribution in [3.63, 3.8) is 0 Å². The molecule has 0 aromatic heterocycles. The molecule has 1 amide bonds. The number of hydrogen-bond donors (Lipinski definition) is 1. The summed E-state index contributed by atoms with van der Waals surface area (Å²) in [7, 11) is 0. The van der Waals surface area contributed by atoms with E-state index in [2.05, 4.69) is 0 Å². The van der Waals surface area contributed by atoms with E-state index in [-0.39, 0.29) is 19.3 Å². The van der Waals surface area contributed by atoms with Crippen LogP contribution in [0, 0.1) is 0 Å². The van der Waals surface area contributed by atoms with Gasteiger partial charge in [-0.05, 0) is 13.8 Å². The molecule has 0 aliphatic carbocycles. The number of hydrogen-bond acceptors (Lipinski definition) is 2. The first kappa shape index (κ1) is 14.2. The molecular weight excluding hydrogens is 218 g/mol. The highest BCUT2D eigenvalue weighted by atomic mass is 19.3. The normalized spacial score (nSPS) is 12.3. The van der Waals surface area contributed by atoms with Crippen molar-refractivity contribution in [3.05, 3.63) is 0 Å². The number of carbonyl (C=O) groups is 1. The molecule has 0 spiro atoms. The molecule has 1 N–H and O–H groups in total. The molecule has 7 heteroatoms. The SMILES string of the molecule is CC(C)OCCNC(=O)C(F)(F)C(F)F. The maximum absolute atomic E-state index is 12.3. The van der Waals surface area contributed by atoms with E-state index in [1.807, 2.05) is 0 Å². The van der Waals surface area contributed by atoms with Gasteiger partial charge >= 0.3 is 12.3 Å². The van der Waals surface area contributed by atoms with Gasteiger partial charge in [0.2, 0.25) is 0 Å². The summed E-state index contributed by atoms with van der Waals surface area (Å²) in [4.78, 5) is 10.6. The number of alkyl halides is 4. The number of ether oxygens (including phenoxy) is 1. The topological polar surface area (TPSA) is 38.3 Å². The maximum Gasteiger partial charge on any atom is 0.383 e. The van der Waals surface area contributed by atoms with Crippen molar-refractivity contribution in [3.8, 4) is 0 Å². The minimum Gasteiger partial charge on any atom is -0.377 e. The Bertz CT molecular complexity index is 209. The summed E-state index contributed by atoms with van der Waals surface area (Å²) < 4.78 is 52.9. The molecular formula is C8H13F4NO2. The third kappa shape index (κ3) is 4.96. The minimum atomic E-state index is -4.64. The van der Waals surface area contributed by atoms with Crippen molar-refractivity contribution < 1.29 is 27.1 Å². The van der Waals surface area contributed by atoms with Crippen molar-refractivity contribution in [2.75, 3.05) is 13.2 Å². The van der Waals surface area contributed by atoms with Gasteiger partial charge in [0.05, 0.1) is 12.7 Å². The van der Waals surface area contributed by atoms with Gasteiger partial charge in [0.25, 0.3) is 5.91 Å². The molecule has 15 heavy (non-hydrogen) atoms. The molecule has 0 aromatic rings. The van der Waals surface area contributed by atoms with Gasteiger partial charge in [-0.25, -0.2) is 8.78 Å². The molecule has 0 heterocycles. The lowest BCUT2D eigenvalue weighted by atomic mass is 10.3. The van der Waals surface area contributed by atoms with E-state index in [1.54, 1.807) is 19.2 Å². The Labute approximate surface area is 84.8 Å². The van der Waals surface area contributed by atoms with Crippen LogP contribution in [-0.2, 0) is 9.53 Å². The first-order chi connectivity index (χ1) is 6.78. The summed E-state index contributed by atoms with van der Waals surface area (Å²) in [6.45, 7) is 3.22. The Hall–Kier alpha value is -0.850. The largest absolute Gasteiger partial charge is 0.383 e. The zero-order chi connectivity index (χ0) is 12.1. The second-order valence-corrected chi connectivity index (χ2v) is 3.10. The fraction of sp³-hybridized carbons (Fsp3) is 0.875. The van der Waals surface area contributed by atoms with Gasteiger partial charge in [0.15, 0.2) is 0 Å². The van der Waals surface area contributed by atoms with E-state index in [1.165, 1.54) is 0 Å². The van der Waals surface area contributed by atoms with Crippen molar-refractivity contribution in [2.45, 2.75) is 32.3 Å². The highest BCUT2D eigenvalue weighted by Gasteiger charge is 2.48. The second-order valence-electron chi connectivity index (χ2n) is 3.10. The lowest BCUT2D eigenvalue weighted by Gasteiger charge is -2.15. The van der Waals surface area contributed by atoms with Gasteiger partial charge < -0.3 is 10.1 Å². The molecule has 0 aliphatic heterocycles. The molecule has 0 bridgehead atoms. The second kappa shape index (κ2) is 5.89. The summed E-state index contributed by atoms with van der Waals surface area (Å²) in [5, 5.41) is 1.67. The molecule has 0 unspecified atom stereocenters. The van der Waals surface area contributed by atoms with Crippen LogP contribution in [0.1, 0.15) is 13.8 Å². The van der Waals surface area contributed by atoms with Crippen molar-refractivity contribution in [1.29, 1.82) is 0 Å². The van der Waals surface area contributed by atoms with E-state index < -0.39 is 18.3 Å². The van der Waals surface area contributed by atoms with Gasteiger partial charge in [-0.15, -0.1) is 0 Å². The third-order valence-corrected chi connectivity index (χ3v) is 1.42. The quantitative estimate of drug-likeness (QED) is 0.554. The molecule has 0 rings (SSSR count). The van der Waals surface area contributed by atoms with Crippen LogP contribution in [0.15, 0.2) is 0 Å². The summed E-state index contributed by atoms with van der Waals surface area (Å²) >= 11 is 0. The monoisotopic (exact) mass is 231 g/mol. The lowest BCUT2D eigenvalue weighted by Crippen LogP contribution is -2.46. The van der Waals surface area contributed by atoms with Gasteiger partial charge in [-0.2, -0.15) is 8.78 Å². The molecule has 0 saturated carbocycles. The van der Waals surface area contributed by atoms with Gasteiger partial charge in [0, 0.05) is 6.54 Å². The fourth-order valence-corrected chi connectivity index (χ4v) is 0.676. The van der Waals surface area contributed by atoms with Crippen molar-refractivity contribution in [2.24, 2.45) is 0 Å². The van der Waals surface area contributed by atoms with Crippen LogP contribution in [0.2, 0.25) is 0 Å². The number of nitrogens with one attached hydrogen (secondary N) is 1. The fourth-order valence-electron chi connectivity index (χ4n) is 0.676. The van der Waals surface area contributed by atoms with E-state index >= 15 is 0 Å². The van der Waals surface area contributed by atoms with Crippen LogP contribution in [0.25, 0.3) is 0 Å². The lowest BCUT2D eigenvalue weighted by molar-refractivity contribution is -0.169. The van der Waals surface area contributed by atoms with E-state index in [0.717, 1.165) is 0 Å². The number of halogens is 4. The Balaban J connectivity index is 3.84. The molecule has 0 aromatic carbocycles. The molecule has 0 radical (unpaired) electrons. The molecule has 0 atom stereocenters. The van der Waals surface area contributed by atoms with Crippen LogP contribution < -0.4 is 5.32 Å². The Morgan fingerprint density at radius 3 is 2.33 bits per heavy atom. The smallest absolute Gasteiger partial charge is 0.377 e. The highest BCUT2D eigenvalue weighted by molar-refractivity contribution is 5.83. The summed E-state index contributed by atoms with van der Waals surface area (Å²) in [6.07, 6.45) is -4.11. The minimum absolute atomic E-state index is 0.00270. The van der Waals surface area contributed by atoms with Crippen LogP contribution in [0.3, 0.4) is 0 Å². The van der Waals surface area contributed by atoms with Crippen molar-refractivity contribution in [1.82, 2.24) is 5.32 Å². The van der Waals surface area contributed by atoms with Crippen LogP contribution in [0.4, 0.5) is 17.6 Å². The predicted octanol–water partition coefficient (Wildman–Crippen LogP) is 1.43. The number of rotatable bonds is 6. The summed E-state index contributed by atoms with van der Waals surface area (Å²) in [6, 6.07) is 0. The molecule has 3 nitrogen and oxygen atoms in total. The molecule has 0 saturated heterocycles. The summed E-state index contributed by atoms with van der Waals surface area (Å²) in [5.41, 5.74) is 0. The molecule has 0 fully saturated rings. The zero-order valence-electron chi connectivity index (χ0n) is 8.40. The number of carbonyl (C=O) groups excluding carboxylic acids is 1. The maximum atomic E-state index is 12.3. The Morgan fingerprint density at radius 2 is 1.93 bits per heavy atom. The van der Waals surface area contributed by atoms with Gasteiger partial charge in [-0.1, -0.05) is 0 Å². The molecule has 90 valence electrons. The van der Waals surface area contributed by atoms with Crippen molar-refractivity contribution >= 4 is 5.91 Å². The van der Waals surface area contributed by atoms with E-state index in [9.17, 15) is 22.4 Å². The average molecular weight is 231 g/mol.